The average Bonchev–Trinajstić information content (AvgIpc) is 3.12. The van der Waals surface area contributed by atoms with Crippen LogP contribution in [0.2, 0.25) is 0 Å². The largest absolute Gasteiger partial charge is 0.387 e. The van der Waals surface area contributed by atoms with Crippen molar-refractivity contribution in [3.05, 3.63) is 35.9 Å². The molecular formula is C21H21FN6O2S. The number of aliphatic hydroxyl groups is 1. The molecule has 10 heteroatoms. The van der Waals surface area contributed by atoms with Crippen LogP contribution >= 0.6 is 11.3 Å². The number of hydrogen-bond acceptors (Lipinski definition) is 7. The molecule has 4 aromatic heterocycles. The van der Waals surface area contributed by atoms with Gasteiger partial charge in [0.2, 0.25) is 5.91 Å². The third-order valence-corrected chi connectivity index (χ3v) is 6.46. The molecule has 0 spiro atoms. The summed E-state index contributed by atoms with van der Waals surface area (Å²) in [5.41, 5.74) is 4.56. The molecule has 0 saturated heterocycles. The first kappa shape index (κ1) is 20.0. The second-order valence-corrected chi connectivity index (χ2v) is 8.82. The number of pyridine rings is 2. The smallest absolute Gasteiger partial charge is 0.232 e. The van der Waals surface area contributed by atoms with Gasteiger partial charge >= 0.3 is 0 Å². The highest BCUT2D eigenvalue weighted by Crippen LogP contribution is 2.37. The summed E-state index contributed by atoms with van der Waals surface area (Å²) in [5.74, 6) is -0.924. The summed E-state index contributed by atoms with van der Waals surface area (Å²) >= 11 is 1.27. The summed E-state index contributed by atoms with van der Waals surface area (Å²) in [5, 5.41) is 17.7. The fraction of sp³-hybridized carbons (Fsp3) is 0.381. The predicted octanol–water partition coefficient (Wildman–Crippen LogP) is 3.84. The van der Waals surface area contributed by atoms with Crippen molar-refractivity contribution < 1.29 is 14.3 Å². The molecule has 3 atom stereocenters. The summed E-state index contributed by atoms with van der Waals surface area (Å²) in [6, 6.07) is 3.79. The van der Waals surface area contributed by atoms with Crippen LogP contribution in [0, 0.1) is 12.8 Å². The zero-order valence-electron chi connectivity index (χ0n) is 17.0. The Morgan fingerprint density at radius 3 is 2.90 bits per heavy atom. The molecule has 31 heavy (non-hydrogen) atoms. The van der Waals surface area contributed by atoms with Gasteiger partial charge in [-0.05, 0) is 37.5 Å². The Balaban J connectivity index is 1.56. The van der Waals surface area contributed by atoms with Crippen molar-refractivity contribution >= 4 is 38.4 Å². The van der Waals surface area contributed by atoms with Crippen LogP contribution in [0.5, 0.6) is 0 Å². The zero-order valence-corrected chi connectivity index (χ0v) is 17.9. The van der Waals surface area contributed by atoms with E-state index in [2.05, 4.69) is 25.4 Å². The topological polar surface area (TPSA) is 105 Å². The Morgan fingerprint density at radius 1 is 1.39 bits per heavy atom. The van der Waals surface area contributed by atoms with Crippen LogP contribution < -0.4 is 5.32 Å². The van der Waals surface area contributed by atoms with Crippen LogP contribution in [0.25, 0.3) is 27.1 Å². The number of aromatic nitrogens is 5. The van der Waals surface area contributed by atoms with Gasteiger partial charge in [0, 0.05) is 17.3 Å². The predicted molar refractivity (Wildman–Crippen MR) is 116 cm³/mol. The number of carbonyl (C=O) groups is 1. The number of hydrogen-bond donors (Lipinski definition) is 2. The minimum Gasteiger partial charge on any atom is -0.387 e. The maximum atomic E-state index is 13.2. The first-order chi connectivity index (χ1) is 15.0. The van der Waals surface area contributed by atoms with Gasteiger partial charge in [-0.25, -0.2) is 18.9 Å². The van der Waals surface area contributed by atoms with E-state index in [1.165, 1.54) is 17.7 Å². The molecule has 0 aliphatic heterocycles. The summed E-state index contributed by atoms with van der Waals surface area (Å²) in [4.78, 5) is 26.2. The van der Waals surface area contributed by atoms with Crippen molar-refractivity contribution in [2.24, 2.45) is 5.92 Å². The van der Waals surface area contributed by atoms with E-state index < -0.39 is 18.2 Å². The third-order valence-electron chi connectivity index (χ3n) is 5.50. The number of aryl methyl sites for hydroxylation is 1. The molecule has 0 bridgehead atoms. The quantitative estimate of drug-likeness (QED) is 0.472. The molecule has 5 rings (SSSR count). The highest BCUT2D eigenvalue weighted by Gasteiger charge is 2.43. The molecule has 1 amide bonds. The number of thiazole rings is 1. The Bertz CT molecular complexity index is 1300. The molecular weight excluding hydrogens is 419 g/mol. The minimum absolute atomic E-state index is 0.267. The summed E-state index contributed by atoms with van der Waals surface area (Å²) in [6.07, 6.45) is 3.35. The van der Waals surface area contributed by atoms with E-state index in [0.717, 1.165) is 27.9 Å². The number of fused-ring (bicyclic) bond motifs is 3. The molecule has 0 radical (unpaired) electrons. The second kappa shape index (κ2) is 7.61. The van der Waals surface area contributed by atoms with E-state index in [4.69, 9.17) is 0 Å². The van der Waals surface area contributed by atoms with Gasteiger partial charge in [-0.15, -0.1) is 0 Å². The number of anilines is 1. The molecule has 4 aromatic rings. The number of carbonyl (C=O) groups excluding carboxylic acids is 1. The van der Waals surface area contributed by atoms with Crippen molar-refractivity contribution in [2.75, 3.05) is 5.32 Å². The maximum Gasteiger partial charge on any atom is 0.232 e. The third kappa shape index (κ3) is 3.55. The standard InChI is InChI=1S/C21H21FN6O2S/c1-3-4-17(29)15-5-10(2)13(8-23-15)11-7-16-20(28-18(11)24-9-25-28)31-21(26-16)27-19(30)12-6-14(12)22/h5,7-9,12,14,17,29H,3-4,6H2,1-2H3,(H,26,27,30)/t12-,14+,17+/m0/s1. The van der Waals surface area contributed by atoms with Crippen molar-refractivity contribution in [1.29, 1.82) is 0 Å². The van der Waals surface area contributed by atoms with Crippen LogP contribution in [-0.4, -0.2) is 41.8 Å². The lowest BCUT2D eigenvalue weighted by molar-refractivity contribution is -0.117. The lowest BCUT2D eigenvalue weighted by Crippen LogP contribution is -2.14. The van der Waals surface area contributed by atoms with Crippen LogP contribution in [-0.2, 0) is 4.79 Å². The van der Waals surface area contributed by atoms with E-state index in [-0.39, 0.29) is 12.3 Å². The highest BCUT2D eigenvalue weighted by molar-refractivity contribution is 7.22. The maximum absolute atomic E-state index is 13.2. The van der Waals surface area contributed by atoms with Crippen LogP contribution in [0.1, 0.15) is 43.5 Å². The van der Waals surface area contributed by atoms with Gasteiger partial charge in [0.05, 0.1) is 17.7 Å². The van der Waals surface area contributed by atoms with Gasteiger partial charge in [-0.1, -0.05) is 24.7 Å². The van der Waals surface area contributed by atoms with Crippen LogP contribution in [0.3, 0.4) is 0 Å². The van der Waals surface area contributed by atoms with Gasteiger partial charge in [-0.3, -0.25) is 9.78 Å². The number of amides is 1. The first-order valence-corrected chi connectivity index (χ1v) is 11.0. The molecule has 160 valence electrons. The van der Waals surface area contributed by atoms with Gasteiger partial charge in [0.15, 0.2) is 10.8 Å². The lowest BCUT2D eigenvalue weighted by atomic mass is 10.0. The molecule has 1 aliphatic rings. The van der Waals surface area contributed by atoms with Crippen LogP contribution in [0.15, 0.2) is 24.7 Å². The Kier molecular flexibility index (Phi) is 4.90. The van der Waals surface area contributed by atoms with Crippen molar-refractivity contribution in [1.82, 2.24) is 24.6 Å². The summed E-state index contributed by atoms with van der Waals surface area (Å²) < 4.78 is 14.9. The number of halogens is 1. The SMILES string of the molecule is CCC[C@@H](O)c1cc(C)c(-c2cc3nc(NC(=O)[C@H]4C[C@H]4F)sc3n3ncnc23)cn1. The minimum atomic E-state index is -1.06. The highest BCUT2D eigenvalue weighted by atomic mass is 32.1. The van der Waals surface area contributed by atoms with Crippen LogP contribution in [0.4, 0.5) is 9.52 Å². The molecule has 2 N–H and O–H groups in total. The average molecular weight is 441 g/mol. The zero-order chi connectivity index (χ0) is 21.7. The normalized spacial score (nSPS) is 19.1. The van der Waals surface area contributed by atoms with Crippen molar-refractivity contribution in [3.63, 3.8) is 0 Å². The van der Waals surface area contributed by atoms with E-state index >= 15 is 0 Å². The van der Waals surface area contributed by atoms with E-state index in [0.29, 0.717) is 28.4 Å². The summed E-state index contributed by atoms with van der Waals surface area (Å²) in [7, 11) is 0. The van der Waals surface area contributed by atoms with E-state index in [1.54, 1.807) is 10.7 Å². The molecule has 1 aliphatic carbocycles. The van der Waals surface area contributed by atoms with Gasteiger partial charge in [-0.2, -0.15) is 5.10 Å². The van der Waals surface area contributed by atoms with E-state index in [1.807, 2.05) is 26.0 Å². The number of aliphatic hydroxyl groups excluding tert-OH is 1. The van der Waals surface area contributed by atoms with Crippen molar-refractivity contribution in [3.8, 4) is 11.1 Å². The molecule has 1 fully saturated rings. The number of nitrogens with zero attached hydrogens (tertiary/aromatic N) is 5. The van der Waals surface area contributed by atoms with Gasteiger partial charge in [0.1, 0.15) is 22.8 Å². The number of alkyl halides is 1. The Labute approximate surface area is 181 Å². The molecule has 1 saturated carbocycles. The fourth-order valence-corrected chi connectivity index (χ4v) is 4.60. The van der Waals surface area contributed by atoms with Gasteiger partial charge < -0.3 is 10.4 Å². The second-order valence-electron chi connectivity index (χ2n) is 7.84. The van der Waals surface area contributed by atoms with E-state index in [9.17, 15) is 14.3 Å². The monoisotopic (exact) mass is 440 g/mol. The lowest BCUT2D eigenvalue weighted by Gasteiger charge is -2.12. The van der Waals surface area contributed by atoms with Gasteiger partial charge in [0.25, 0.3) is 0 Å². The van der Waals surface area contributed by atoms with Crippen molar-refractivity contribution in [2.45, 2.75) is 45.4 Å². The molecule has 8 nitrogen and oxygen atoms in total. The Hall–Kier alpha value is -2.98. The Morgan fingerprint density at radius 2 is 2.19 bits per heavy atom. The molecule has 4 heterocycles. The molecule has 0 unspecified atom stereocenters. The number of rotatable bonds is 6. The number of nitrogens with one attached hydrogen (secondary N) is 1. The summed E-state index contributed by atoms with van der Waals surface area (Å²) in [6.45, 7) is 3.98. The molecule has 0 aromatic carbocycles. The fourth-order valence-electron chi connectivity index (χ4n) is 3.69. The first-order valence-electron chi connectivity index (χ1n) is 10.2.